The van der Waals surface area contributed by atoms with E-state index < -0.39 is 0 Å². The summed E-state index contributed by atoms with van der Waals surface area (Å²) in [4.78, 5) is 12.1. The maximum Gasteiger partial charge on any atom is 0.275 e. The first-order valence-electron chi connectivity index (χ1n) is 7.33. The van der Waals surface area contributed by atoms with Crippen LogP contribution in [0, 0.1) is 0 Å². The van der Waals surface area contributed by atoms with E-state index in [0.717, 1.165) is 17.7 Å². The molecule has 1 fully saturated rings. The Labute approximate surface area is 123 Å². The summed E-state index contributed by atoms with van der Waals surface area (Å²) in [6.07, 6.45) is 3.15. The molecule has 1 aromatic carbocycles. The molecule has 1 aliphatic rings. The molecule has 2 N–H and O–H groups in total. The maximum atomic E-state index is 12.1. The second-order valence-corrected chi connectivity index (χ2v) is 5.36. The van der Waals surface area contributed by atoms with Crippen LogP contribution in [0.2, 0.25) is 0 Å². The van der Waals surface area contributed by atoms with Crippen LogP contribution in [-0.4, -0.2) is 20.9 Å². The Morgan fingerprint density at radius 2 is 2.14 bits per heavy atom. The van der Waals surface area contributed by atoms with Gasteiger partial charge in [-0.05, 0) is 30.9 Å². The van der Waals surface area contributed by atoms with E-state index in [4.69, 9.17) is 0 Å². The summed E-state index contributed by atoms with van der Waals surface area (Å²) in [6.45, 7) is 2.52. The van der Waals surface area contributed by atoms with Crippen LogP contribution >= 0.6 is 0 Å². The fourth-order valence-electron chi connectivity index (χ4n) is 2.33. The van der Waals surface area contributed by atoms with Gasteiger partial charge in [0.2, 0.25) is 0 Å². The van der Waals surface area contributed by atoms with Crippen molar-refractivity contribution >= 4 is 0 Å². The van der Waals surface area contributed by atoms with Gasteiger partial charge in [0, 0.05) is 18.7 Å². The highest BCUT2D eigenvalue weighted by molar-refractivity contribution is 5.41. The minimum Gasteiger partial charge on any atom is -0.506 e. The fourth-order valence-corrected chi connectivity index (χ4v) is 2.33. The van der Waals surface area contributed by atoms with Crippen LogP contribution in [0.4, 0.5) is 0 Å². The van der Waals surface area contributed by atoms with Crippen LogP contribution in [0.5, 0.6) is 5.75 Å². The number of hydrogen-bond acceptors (Lipinski definition) is 4. The first-order valence-corrected chi connectivity index (χ1v) is 7.33. The minimum absolute atomic E-state index is 0.0432. The molecule has 5 nitrogen and oxygen atoms in total. The molecule has 0 radical (unpaired) electrons. The third-order valence-electron chi connectivity index (χ3n) is 3.72. The Morgan fingerprint density at radius 3 is 2.86 bits per heavy atom. The molecular formula is C16H19N3O2. The third-order valence-corrected chi connectivity index (χ3v) is 3.72. The summed E-state index contributed by atoms with van der Waals surface area (Å²) in [5, 5.41) is 17.6. The fraction of sp³-hybridized carbons (Fsp3) is 0.375. The van der Waals surface area contributed by atoms with Gasteiger partial charge in [0.1, 0.15) is 11.4 Å². The van der Waals surface area contributed by atoms with Crippen molar-refractivity contribution < 1.29 is 5.11 Å². The number of aromatic hydroxyl groups is 1. The summed E-state index contributed by atoms with van der Waals surface area (Å²) >= 11 is 0. The predicted molar refractivity (Wildman–Crippen MR) is 80.7 cm³/mol. The molecule has 1 aliphatic carbocycles. The molecule has 0 spiro atoms. The average molecular weight is 285 g/mol. The maximum absolute atomic E-state index is 12.1. The van der Waals surface area contributed by atoms with E-state index in [0.29, 0.717) is 18.3 Å². The lowest BCUT2D eigenvalue weighted by Crippen LogP contribution is -2.25. The number of para-hydroxylation sites is 1. The molecule has 0 unspecified atom stereocenters. The summed E-state index contributed by atoms with van der Waals surface area (Å²) in [5.74, 6) is -0.0432. The Bertz CT molecular complexity index is 705. The smallest absolute Gasteiger partial charge is 0.275 e. The Hall–Kier alpha value is -2.14. The van der Waals surface area contributed by atoms with Crippen LogP contribution in [0.1, 0.15) is 31.0 Å². The number of nitrogens with zero attached hydrogens (tertiary/aromatic N) is 2. The van der Waals surface area contributed by atoms with Crippen LogP contribution in [0.15, 0.2) is 35.1 Å². The topological polar surface area (TPSA) is 67.2 Å². The quantitative estimate of drug-likeness (QED) is 0.878. The molecule has 0 saturated heterocycles. The number of benzene rings is 1. The second-order valence-electron chi connectivity index (χ2n) is 5.36. The van der Waals surface area contributed by atoms with Gasteiger partial charge in [-0.25, -0.2) is 0 Å². The highest BCUT2D eigenvalue weighted by Crippen LogP contribution is 2.21. The molecule has 2 aromatic rings. The highest BCUT2D eigenvalue weighted by Gasteiger charge is 2.21. The molecule has 21 heavy (non-hydrogen) atoms. The van der Waals surface area contributed by atoms with Crippen molar-refractivity contribution in [3.8, 4) is 11.4 Å². The van der Waals surface area contributed by atoms with Crippen molar-refractivity contribution in [1.29, 1.82) is 0 Å². The first-order chi connectivity index (χ1) is 10.2. The zero-order valence-electron chi connectivity index (χ0n) is 12.0. The number of rotatable bonds is 5. The summed E-state index contributed by atoms with van der Waals surface area (Å²) in [6, 6.07) is 9.46. The predicted octanol–water partition coefficient (Wildman–Crippen LogP) is 1.75. The van der Waals surface area contributed by atoms with Gasteiger partial charge in [-0.1, -0.05) is 25.1 Å². The Balaban J connectivity index is 2.00. The lowest BCUT2D eigenvalue weighted by atomic mass is 10.1. The van der Waals surface area contributed by atoms with Gasteiger partial charge in [0.25, 0.3) is 5.56 Å². The molecule has 1 heterocycles. The lowest BCUT2D eigenvalue weighted by Gasteiger charge is -2.12. The molecule has 1 aromatic heterocycles. The van der Waals surface area contributed by atoms with Crippen LogP contribution in [0.25, 0.3) is 5.69 Å². The van der Waals surface area contributed by atoms with Crippen molar-refractivity contribution in [2.24, 2.45) is 0 Å². The molecule has 1 saturated carbocycles. The van der Waals surface area contributed by atoms with Gasteiger partial charge in [0.15, 0.2) is 0 Å². The molecule has 110 valence electrons. The molecule has 3 rings (SSSR count). The van der Waals surface area contributed by atoms with E-state index in [1.807, 2.05) is 31.2 Å². The number of aryl methyl sites for hydroxylation is 1. The number of nitrogens with one attached hydrogen (secondary N) is 1. The van der Waals surface area contributed by atoms with E-state index in [2.05, 4.69) is 10.4 Å². The number of aromatic nitrogens is 2. The van der Waals surface area contributed by atoms with Crippen LogP contribution in [-0.2, 0) is 13.0 Å². The molecule has 5 heteroatoms. The van der Waals surface area contributed by atoms with Crippen molar-refractivity contribution in [3.05, 3.63) is 51.9 Å². The molecular weight excluding hydrogens is 266 g/mol. The summed E-state index contributed by atoms with van der Waals surface area (Å²) in [5.41, 5.74) is 2.02. The summed E-state index contributed by atoms with van der Waals surface area (Å²) < 4.78 is 1.38. The van der Waals surface area contributed by atoms with Crippen LogP contribution < -0.4 is 10.9 Å². The van der Waals surface area contributed by atoms with E-state index in [1.54, 1.807) is 0 Å². The van der Waals surface area contributed by atoms with E-state index in [9.17, 15) is 9.90 Å². The SMILES string of the molecule is CCc1ccccc1-n1nc(CNC2CC2)c(O)cc1=O. The monoisotopic (exact) mass is 285 g/mol. The second kappa shape index (κ2) is 5.69. The van der Waals surface area contributed by atoms with Gasteiger partial charge in [-0.3, -0.25) is 4.79 Å². The summed E-state index contributed by atoms with van der Waals surface area (Å²) in [7, 11) is 0. The van der Waals surface area contributed by atoms with E-state index in [-0.39, 0.29) is 11.3 Å². The van der Waals surface area contributed by atoms with E-state index in [1.165, 1.54) is 23.6 Å². The molecule has 0 aliphatic heterocycles. The average Bonchev–Trinajstić information content (AvgIpc) is 3.31. The van der Waals surface area contributed by atoms with Gasteiger partial charge in [-0.15, -0.1) is 0 Å². The molecule has 0 bridgehead atoms. The van der Waals surface area contributed by atoms with Gasteiger partial charge in [-0.2, -0.15) is 9.78 Å². The van der Waals surface area contributed by atoms with Gasteiger partial charge in [0.05, 0.1) is 5.69 Å². The zero-order valence-corrected chi connectivity index (χ0v) is 12.0. The Morgan fingerprint density at radius 1 is 1.38 bits per heavy atom. The third kappa shape index (κ3) is 2.97. The lowest BCUT2D eigenvalue weighted by molar-refractivity contribution is 0.451. The van der Waals surface area contributed by atoms with Crippen LogP contribution in [0.3, 0.4) is 0 Å². The van der Waals surface area contributed by atoms with E-state index >= 15 is 0 Å². The highest BCUT2D eigenvalue weighted by atomic mass is 16.3. The zero-order chi connectivity index (χ0) is 14.8. The standard InChI is InChI=1S/C16H19N3O2/c1-2-11-5-3-4-6-14(11)19-16(21)9-15(20)13(18-19)10-17-12-7-8-12/h3-6,9,12,17,20H,2,7-8,10H2,1H3. The number of hydrogen-bond donors (Lipinski definition) is 2. The molecule has 0 atom stereocenters. The molecule has 0 amide bonds. The first kappa shape index (κ1) is 13.8. The van der Waals surface area contributed by atoms with Gasteiger partial charge < -0.3 is 10.4 Å². The normalized spacial score (nSPS) is 14.3. The Kier molecular flexibility index (Phi) is 3.75. The van der Waals surface area contributed by atoms with Crippen molar-refractivity contribution in [3.63, 3.8) is 0 Å². The van der Waals surface area contributed by atoms with Crippen molar-refractivity contribution in [2.75, 3.05) is 0 Å². The van der Waals surface area contributed by atoms with Crippen molar-refractivity contribution in [1.82, 2.24) is 15.1 Å². The minimum atomic E-state index is -0.316. The largest absolute Gasteiger partial charge is 0.506 e. The van der Waals surface area contributed by atoms with Crippen molar-refractivity contribution in [2.45, 2.75) is 38.8 Å². The van der Waals surface area contributed by atoms with Gasteiger partial charge >= 0.3 is 0 Å².